The number of halogens is 2. The molecular formula is C11H15BrFN. The maximum absolute atomic E-state index is 12.8. The summed E-state index contributed by atoms with van der Waals surface area (Å²) in [6, 6.07) is 4.68. The number of rotatable bonds is 4. The lowest BCUT2D eigenvalue weighted by Gasteiger charge is -2.12. The fraction of sp³-hybridized carbons (Fsp3) is 0.455. The van der Waals surface area contributed by atoms with E-state index in [0.29, 0.717) is 5.92 Å². The third-order valence-corrected chi connectivity index (χ3v) is 2.93. The SMILES string of the molecule is CCC(C)CNc1ccc(F)cc1Br. The van der Waals surface area contributed by atoms with Crippen molar-refractivity contribution in [1.29, 1.82) is 0 Å². The van der Waals surface area contributed by atoms with Gasteiger partial charge in [-0.05, 0) is 40.0 Å². The molecule has 78 valence electrons. The molecule has 1 nitrogen and oxygen atoms in total. The number of benzene rings is 1. The first-order chi connectivity index (χ1) is 6.63. The van der Waals surface area contributed by atoms with Gasteiger partial charge in [0.25, 0.3) is 0 Å². The Balaban J connectivity index is 2.59. The second-order valence-electron chi connectivity index (χ2n) is 3.52. The Morgan fingerprint density at radius 3 is 2.79 bits per heavy atom. The quantitative estimate of drug-likeness (QED) is 0.861. The lowest BCUT2D eigenvalue weighted by molar-refractivity contribution is 0.593. The minimum Gasteiger partial charge on any atom is -0.384 e. The van der Waals surface area contributed by atoms with Crippen molar-refractivity contribution in [3.05, 3.63) is 28.5 Å². The topological polar surface area (TPSA) is 12.0 Å². The zero-order chi connectivity index (χ0) is 10.6. The molecule has 0 saturated carbocycles. The molecule has 1 atom stereocenters. The molecule has 1 N–H and O–H groups in total. The van der Waals surface area contributed by atoms with Gasteiger partial charge in [-0.15, -0.1) is 0 Å². The average Bonchev–Trinajstić information content (AvgIpc) is 2.16. The molecule has 0 fully saturated rings. The molecular weight excluding hydrogens is 245 g/mol. The Bertz CT molecular complexity index is 301. The van der Waals surface area contributed by atoms with Crippen molar-refractivity contribution in [2.45, 2.75) is 20.3 Å². The molecule has 0 aromatic heterocycles. The van der Waals surface area contributed by atoms with E-state index in [4.69, 9.17) is 0 Å². The summed E-state index contributed by atoms with van der Waals surface area (Å²) in [6.07, 6.45) is 1.14. The molecule has 0 saturated heterocycles. The third-order valence-electron chi connectivity index (χ3n) is 2.27. The first-order valence-corrected chi connectivity index (χ1v) is 5.61. The van der Waals surface area contributed by atoms with Crippen molar-refractivity contribution in [3.63, 3.8) is 0 Å². The third kappa shape index (κ3) is 3.29. The number of anilines is 1. The second kappa shape index (κ2) is 5.35. The minimum atomic E-state index is -0.217. The summed E-state index contributed by atoms with van der Waals surface area (Å²) < 4.78 is 13.5. The van der Waals surface area contributed by atoms with Crippen LogP contribution in [0.4, 0.5) is 10.1 Å². The first kappa shape index (κ1) is 11.5. The summed E-state index contributed by atoms with van der Waals surface area (Å²) in [5.41, 5.74) is 0.951. The van der Waals surface area contributed by atoms with Crippen LogP contribution in [0, 0.1) is 11.7 Å². The molecule has 0 radical (unpaired) electrons. The lowest BCUT2D eigenvalue weighted by Crippen LogP contribution is -2.10. The molecule has 14 heavy (non-hydrogen) atoms. The van der Waals surface area contributed by atoms with Crippen LogP contribution in [-0.4, -0.2) is 6.54 Å². The number of hydrogen-bond acceptors (Lipinski definition) is 1. The maximum Gasteiger partial charge on any atom is 0.124 e. The van der Waals surface area contributed by atoms with E-state index in [1.54, 1.807) is 6.07 Å². The van der Waals surface area contributed by atoms with Gasteiger partial charge >= 0.3 is 0 Å². The molecule has 1 unspecified atom stereocenters. The van der Waals surface area contributed by atoms with Gasteiger partial charge in [0.2, 0.25) is 0 Å². The Labute approximate surface area is 92.8 Å². The minimum absolute atomic E-state index is 0.217. The van der Waals surface area contributed by atoms with E-state index in [0.717, 1.165) is 23.1 Å². The Kier molecular flexibility index (Phi) is 4.39. The second-order valence-corrected chi connectivity index (χ2v) is 4.37. The summed E-state index contributed by atoms with van der Waals surface area (Å²) in [7, 11) is 0. The molecule has 0 amide bonds. The fourth-order valence-electron chi connectivity index (χ4n) is 1.06. The molecule has 3 heteroatoms. The van der Waals surface area contributed by atoms with E-state index < -0.39 is 0 Å². The van der Waals surface area contributed by atoms with Crippen LogP contribution in [0.3, 0.4) is 0 Å². The summed E-state index contributed by atoms with van der Waals surface area (Å²) in [5, 5.41) is 3.28. The van der Waals surface area contributed by atoms with E-state index in [1.165, 1.54) is 12.1 Å². The average molecular weight is 260 g/mol. The fourth-order valence-corrected chi connectivity index (χ4v) is 1.55. The lowest BCUT2D eigenvalue weighted by atomic mass is 10.1. The largest absolute Gasteiger partial charge is 0.384 e. The van der Waals surface area contributed by atoms with Crippen molar-refractivity contribution in [2.75, 3.05) is 11.9 Å². The molecule has 1 aromatic rings. The zero-order valence-corrected chi connectivity index (χ0v) is 10.1. The van der Waals surface area contributed by atoms with Crippen molar-refractivity contribution in [1.82, 2.24) is 0 Å². The molecule has 0 heterocycles. The zero-order valence-electron chi connectivity index (χ0n) is 8.48. The maximum atomic E-state index is 12.8. The normalized spacial score (nSPS) is 12.6. The number of nitrogens with one attached hydrogen (secondary N) is 1. The van der Waals surface area contributed by atoms with Gasteiger partial charge in [0.1, 0.15) is 5.82 Å². The van der Waals surface area contributed by atoms with Gasteiger partial charge in [-0.1, -0.05) is 20.3 Å². The van der Waals surface area contributed by atoms with Crippen molar-refractivity contribution in [3.8, 4) is 0 Å². The molecule has 0 spiro atoms. The Hall–Kier alpha value is -0.570. The van der Waals surface area contributed by atoms with Crippen LogP contribution in [0.15, 0.2) is 22.7 Å². The van der Waals surface area contributed by atoms with E-state index >= 15 is 0 Å². The standard InChI is InChI=1S/C11H15BrFN/c1-3-8(2)7-14-11-5-4-9(13)6-10(11)12/h4-6,8,14H,3,7H2,1-2H3. The van der Waals surface area contributed by atoms with Crippen LogP contribution in [0.1, 0.15) is 20.3 Å². The van der Waals surface area contributed by atoms with Gasteiger partial charge in [0.05, 0.1) is 0 Å². The highest BCUT2D eigenvalue weighted by Crippen LogP contribution is 2.23. The van der Waals surface area contributed by atoms with Gasteiger partial charge in [-0.2, -0.15) is 0 Å². The molecule has 1 aromatic carbocycles. The predicted molar refractivity (Wildman–Crippen MR) is 62.0 cm³/mol. The van der Waals surface area contributed by atoms with E-state index in [1.807, 2.05) is 0 Å². The highest BCUT2D eigenvalue weighted by molar-refractivity contribution is 9.10. The van der Waals surface area contributed by atoms with Gasteiger partial charge in [-0.25, -0.2) is 4.39 Å². The van der Waals surface area contributed by atoms with Crippen LogP contribution in [0.5, 0.6) is 0 Å². The van der Waals surface area contributed by atoms with Crippen LogP contribution in [0.2, 0.25) is 0 Å². The van der Waals surface area contributed by atoms with Gasteiger partial charge in [0.15, 0.2) is 0 Å². The summed E-state index contributed by atoms with van der Waals surface area (Å²) in [5.74, 6) is 0.415. The van der Waals surface area contributed by atoms with Crippen LogP contribution in [-0.2, 0) is 0 Å². The molecule has 1 rings (SSSR count). The van der Waals surface area contributed by atoms with E-state index in [2.05, 4.69) is 35.1 Å². The molecule has 0 aliphatic rings. The Morgan fingerprint density at radius 1 is 1.50 bits per heavy atom. The van der Waals surface area contributed by atoms with Gasteiger partial charge in [-0.3, -0.25) is 0 Å². The summed E-state index contributed by atoms with van der Waals surface area (Å²) >= 11 is 3.32. The van der Waals surface area contributed by atoms with Crippen molar-refractivity contribution >= 4 is 21.6 Å². The molecule has 0 bridgehead atoms. The smallest absolute Gasteiger partial charge is 0.124 e. The Morgan fingerprint density at radius 2 is 2.21 bits per heavy atom. The van der Waals surface area contributed by atoms with Gasteiger partial charge in [0, 0.05) is 16.7 Å². The first-order valence-electron chi connectivity index (χ1n) is 4.82. The van der Waals surface area contributed by atoms with E-state index in [-0.39, 0.29) is 5.82 Å². The predicted octanol–water partition coefficient (Wildman–Crippen LogP) is 4.05. The van der Waals surface area contributed by atoms with Crippen LogP contribution in [0.25, 0.3) is 0 Å². The highest BCUT2D eigenvalue weighted by Gasteiger charge is 2.02. The summed E-state index contributed by atoms with van der Waals surface area (Å²) in [6.45, 7) is 5.26. The monoisotopic (exact) mass is 259 g/mol. The van der Waals surface area contributed by atoms with Crippen LogP contribution < -0.4 is 5.32 Å². The molecule has 0 aliphatic carbocycles. The molecule has 0 aliphatic heterocycles. The highest BCUT2D eigenvalue weighted by atomic mass is 79.9. The van der Waals surface area contributed by atoms with E-state index in [9.17, 15) is 4.39 Å². The summed E-state index contributed by atoms with van der Waals surface area (Å²) in [4.78, 5) is 0. The van der Waals surface area contributed by atoms with Crippen molar-refractivity contribution < 1.29 is 4.39 Å². The van der Waals surface area contributed by atoms with Crippen molar-refractivity contribution in [2.24, 2.45) is 5.92 Å². The number of hydrogen-bond donors (Lipinski definition) is 1. The van der Waals surface area contributed by atoms with Crippen LogP contribution >= 0.6 is 15.9 Å². The van der Waals surface area contributed by atoms with Gasteiger partial charge < -0.3 is 5.32 Å².